The minimum atomic E-state index is -1.47. The van der Waals surface area contributed by atoms with Gasteiger partial charge in [0.15, 0.2) is 25.2 Å². The monoisotopic (exact) mass is 1310 g/mol. The number of rotatable bonds is 28. The van der Waals surface area contributed by atoms with Crippen molar-refractivity contribution in [1.82, 2.24) is 19.6 Å². The van der Waals surface area contributed by atoms with Crippen LogP contribution in [0.5, 0.6) is 0 Å². The zero-order valence-corrected chi connectivity index (χ0v) is 52.9. The Morgan fingerprint density at radius 1 is 0.374 bits per heavy atom. The van der Waals surface area contributed by atoms with Gasteiger partial charge in [-0.3, -0.25) is 19.4 Å². The smallest absolute Gasteiger partial charge is 0.223 e. The molecule has 2 saturated carbocycles. The lowest BCUT2D eigenvalue weighted by Crippen LogP contribution is -2.68. The summed E-state index contributed by atoms with van der Waals surface area (Å²) in [5.41, 5.74) is 62.3. The molecule has 6 heterocycles. The maximum atomic E-state index is 13.4. The van der Waals surface area contributed by atoms with Crippen molar-refractivity contribution in [2.24, 2.45) is 57.3 Å². The number of piperazine rings is 1. The van der Waals surface area contributed by atoms with Crippen LogP contribution in [0.3, 0.4) is 0 Å². The predicted molar refractivity (Wildman–Crippen MR) is 328 cm³/mol. The van der Waals surface area contributed by atoms with E-state index in [2.05, 4.69) is 4.90 Å². The Hall–Kier alpha value is -2.18. The Labute approximate surface area is 534 Å². The number of hydrogen-bond acceptors (Lipinski definition) is 30. The number of nitrogens with zero attached hydrogens (tertiary/aromatic N) is 4. The molecule has 528 valence electrons. The number of unbranched alkanes of at least 4 members (excludes halogenated alkanes) is 10. The molecule has 32 nitrogen and oxygen atoms in total. The average molecular weight is 1310 g/mol. The number of amides is 2. The second-order valence-corrected chi connectivity index (χ2v) is 27.0. The number of carbonyl (C=O) groups is 2. The molecule has 2 aliphatic carbocycles. The van der Waals surface area contributed by atoms with E-state index in [1.54, 1.807) is 0 Å². The lowest BCUT2D eigenvalue weighted by molar-refractivity contribution is -0.313. The van der Waals surface area contributed by atoms with E-state index in [0.29, 0.717) is 58.8 Å². The molecule has 0 bridgehead atoms. The van der Waals surface area contributed by atoms with Gasteiger partial charge in [-0.1, -0.05) is 57.8 Å². The molecule has 32 heteroatoms. The third-order valence-corrected chi connectivity index (χ3v) is 20.0. The second-order valence-electron chi connectivity index (χ2n) is 27.0. The van der Waals surface area contributed by atoms with Crippen molar-refractivity contribution in [2.75, 3.05) is 72.1 Å². The summed E-state index contributed by atoms with van der Waals surface area (Å²) in [7, 11) is 0. The van der Waals surface area contributed by atoms with Gasteiger partial charge >= 0.3 is 0 Å². The molecule has 0 aromatic heterocycles. The molecule has 6 saturated heterocycles. The summed E-state index contributed by atoms with van der Waals surface area (Å²) >= 11 is 0. The third-order valence-electron chi connectivity index (χ3n) is 20.0. The van der Waals surface area contributed by atoms with Gasteiger partial charge in [-0.15, -0.1) is 0 Å². The fraction of sp³-hybridized carbons (Fsp3) is 0.966. The van der Waals surface area contributed by atoms with Crippen LogP contribution in [0.1, 0.15) is 116 Å². The molecular weight excluding hydrogens is 1190 g/mol. The summed E-state index contributed by atoms with van der Waals surface area (Å²) in [6.45, 7) is 4.26. The Kier molecular flexibility index (Phi) is 29.0. The van der Waals surface area contributed by atoms with Gasteiger partial charge in [0, 0.05) is 102 Å². The molecular formula is C59H114N14O18. The first kappa shape index (κ1) is 74.6. The van der Waals surface area contributed by atoms with Gasteiger partial charge in [-0.25, -0.2) is 0 Å². The molecule has 6 aliphatic heterocycles. The highest BCUT2D eigenvalue weighted by Gasteiger charge is 2.53. The summed E-state index contributed by atoms with van der Waals surface area (Å²) < 4.78 is 48.4. The second kappa shape index (κ2) is 35.4. The van der Waals surface area contributed by atoms with Crippen LogP contribution in [-0.2, 0) is 47.5 Å². The van der Waals surface area contributed by atoms with E-state index in [0.717, 1.165) is 77.0 Å². The van der Waals surface area contributed by atoms with Gasteiger partial charge in [0.05, 0.1) is 67.5 Å². The fourth-order valence-corrected chi connectivity index (χ4v) is 14.2. The van der Waals surface area contributed by atoms with Crippen LogP contribution in [0, 0.1) is 0 Å². The summed E-state index contributed by atoms with van der Waals surface area (Å²) in [5, 5.41) is 88.1. The van der Waals surface area contributed by atoms with E-state index >= 15 is 0 Å². The number of ether oxygens (including phenoxy) is 8. The molecule has 0 aromatic rings. The SMILES string of the molecule is NCC1OC(OC2C(N)CC(N)C(OC3OC(CN4CCN(C(=O)CCCCCCCCCCCCCC(=O)N5CCCN(CC6OC(OC7C(N)CC(N)C(OC8OC(CN)C(O)CC8N)C7O)C(O)C(N)C6O)C5)CC4)C(O)C(N)C3O)C2O)C(N)CC1O. The van der Waals surface area contributed by atoms with E-state index in [9.17, 15) is 50.4 Å². The van der Waals surface area contributed by atoms with Gasteiger partial charge < -0.3 is 146 Å². The summed E-state index contributed by atoms with van der Waals surface area (Å²) in [4.78, 5) is 34.4. The number of nitrogens with two attached hydrogens (primary N) is 10. The fourth-order valence-electron chi connectivity index (χ4n) is 14.2. The Balaban J connectivity index is 0.649. The van der Waals surface area contributed by atoms with Crippen LogP contribution in [0.4, 0.5) is 0 Å². The largest absolute Gasteiger partial charge is 0.390 e. The molecule has 8 fully saturated rings. The van der Waals surface area contributed by atoms with E-state index in [1.807, 2.05) is 14.7 Å². The molecule has 91 heavy (non-hydrogen) atoms. The first-order valence-corrected chi connectivity index (χ1v) is 33.6. The van der Waals surface area contributed by atoms with Crippen molar-refractivity contribution in [3.63, 3.8) is 0 Å². The molecule has 28 atom stereocenters. The normalized spacial score (nSPS) is 43.2. The van der Waals surface area contributed by atoms with E-state index < -0.39 is 171 Å². The maximum Gasteiger partial charge on any atom is 0.223 e. The van der Waals surface area contributed by atoms with Crippen LogP contribution in [0.15, 0.2) is 0 Å². The highest BCUT2D eigenvalue weighted by Crippen LogP contribution is 2.34. The number of hydrogen-bond donors (Lipinski definition) is 18. The van der Waals surface area contributed by atoms with Crippen LogP contribution in [0.2, 0.25) is 0 Å². The van der Waals surface area contributed by atoms with E-state index in [1.165, 1.54) is 0 Å². The maximum absolute atomic E-state index is 13.4. The lowest BCUT2D eigenvalue weighted by atomic mass is 9.84. The average Bonchev–Trinajstić information content (AvgIpc) is 1.64. The molecule has 28 N–H and O–H groups in total. The number of aliphatic hydroxyl groups excluding tert-OH is 8. The van der Waals surface area contributed by atoms with Crippen LogP contribution in [-0.4, -0.2) is 316 Å². The summed E-state index contributed by atoms with van der Waals surface area (Å²) in [5.74, 6) is 0.184. The Bertz CT molecular complexity index is 2180. The quantitative estimate of drug-likeness (QED) is 0.0324. The van der Waals surface area contributed by atoms with Gasteiger partial charge in [-0.2, -0.15) is 0 Å². The predicted octanol–water partition coefficient (Wildman–Crippen LogP) is -7.86. The Morgan fingerprint density at radius 3 is 1.12 bits per heavy atom. The Morgan fingerprint density at radius 2 is 0.725 bits per heavy atom. The van der Waals surface area contributed by atoms with E-state index in [-0.39, 0.29) is 63.7 Å². The van der Waals surface area contributed by atoms with Crippen LogP contribution in [0.25, 0.3) is 0 Å². The molecule has 28 unspecified atom stereocenters. The minimum absolute atomic E-state index is 0.0292. The van der Waals surface area contributed by atoms with Gasteiger partial charge in [0.25, 0.3) is 0 Å². The van der Waals surface area contributed by atoms with Crippen molar-refractivity contribution in [3.05, 3.63) is 0 Å². The zero-order valence-electron chi connectivity index (χ0n) is 52.9. The van der Waals surface area contributed by atoms with Gasteiger partial charge in [0.1, 0.15) is 61.0 Å². The van der Waals surface area contributed by atoms with Crippen LogP contribution >= 0.6 is 0 Å². The van der Waals surface area contributed by atoms with Gasteiger partial charge in [0.2, 0.25) is 11.8 Å². The molecule has 8 aliphatic rings. The van der Waals surface area contributed by atoms with Crippen molar-refractivity contribution < 1.29 is 88.3 Å². The molecule has 0 radical (unpaired) electrons. The number of carbonyl (C=O) groups excluding carboxylic acids is 2. The number of aliphatic hydroxyl groups is 8. The molecule has 2 amide bonds. The lowest BCUT2D eigenvalue weighted by Gasteiger charge is -2.48. The molecule has 8 rings (SSSR count). The van der Waals surface area contributed by atoms with Crippen molar-refractivity contribution >= 4 is 11.8 Å². The van der Waals surface area contributed by atoms with E-state index in [4.69, 9.17) is 95.2 Å². The van der Waals surface area contributed by atoms with Crippen molar-refractivity contribution in [2.45, 2.75) is 287 Å². The molecule has 0 spiro atoms. The zero-order chi connectivity index (χ0) is 65.8. The minimum Gasteiger partial charge on any atom is -0.390 e. The molecule has 0 aromatic carbocycles. The highest BCUT2D eigenvalue weighted by atomic mass is 16.7. The van der Waals surface area contributed by atoms with Crippen LogP contribution < -0.4 is 57.3 Å². The van der Waals surface area contributed by atoms with Gasteiger partial charge in [-0.05, 0) is 44.9 Å². The third kappa shape index (κ3) is 19.6. The standard InChI is InChI=1S/C59H114N14O18/c60-25-38-36(74)23-34(66)56(84-38)88-52-30(62)21-32(64)54(50(52)82)90-58-48(80)44(68)46(78)40(86-58)27-70-17-19-72(20-18-70)42(76)13-10-8-6-4-2-1-3-5-7-9-11-14-43(77)73-16-12-15-71(29-73)28-41-47(79)45(69)49(81)59(87-41)91-55-33(65)22-31(63)53(51(55)83)89-57-35(67)24-37(75)39(26-61)85-57/h30-41,44-59,74-75,78-83H,1-29,60-69H2. The highest BCUT2D eigenvalue weighted by molar-refractivity contribution is 5.76. The van der Waals surface area contributed by atoms with Crippen molar-refractivity contribution in [1.29, 1.82) is 0 Å². The van der Waals surface area contributed by atoms with Crippen molar-refractivity contribution in [3.8, 4) is 0 Å². The summed E-state index contributed by atoms with van der Waals surface area (Å²) in [6, 6.07) is -6.76. The topological polar surface area (TPSA) is 543 Å². The summed E-state index contributed by atoms with van der Waals surface area (Å²) in [6.07, 6.45) is -8.66. The first-order chi connectivity index (χ1) is 43.5. The first-order valence-electron chi connectivity index (χ1n) is 33.6.